The second kappa shape index (κ2) is 52.2. The van der Waals surface area contributed by atoms with E-state index in [0.717, 1.165) is 82.3 Å². The fraction of sp³-hybridized carbons (Fsp3) is 0.889. The number of hydrogen-bond donors (Lipinski definition) is 24. The summed E-state index contributed by atoms with van der Waals surface area (Å²) in [7, 11) is -4.77. The highest BCUT2D eigenvalue weighted by Gasteiger charge is 2.61. The molecule has 40 atom stereocenters. The van der Waals surface area contributed by atoms with Crippen molar-refractivity contribution in [1.29, 1.82) is 0 Å². The van der Waals surface area contributed by atoms with Crippen LogP contribution in [0, 0.1) is 0 Å². The Kier molecular flexibility index (Phi) is 44.4. The number of aliphatic hydroxyl groups excluding tert-OH is 16. The lowest BCUT2D eigenvalue weighted by Gasteiger charge is -2.51. The summed E-state index contributed by atoms with van der Waals surface area (Å²) in [6, 6.07) is 0. The minimum Gasteiger partial charge on any atom is -0.481 e. The van der Waals surface area contributed by atoms with Gasteiger partial charge in [0.15, 0.2) is 60.2 Å². The summed E-state index contributed by atoms with van der Waals surface area (Å²) in [4.78, 5) is 94.4. The second-order valence-corrected chi connectivity index (χ2v) is 41.6. The molecular weight excluding hydrogens is 1920 g/mol. The molecule has 0 aromatic rings. The van der Waals surface area contributed by atoms with Gasteiger partial charge in [-0.15, -0.1) is 0 Å². The lowest BCUT2D eigenvalue weighted by molar-refractivity contribution is -0.396. The number of hydrogen-bond acceptors (Lipinski definition) is 49. The van der Waals surface area contributed by atoms with Gasteiger partial charge in [-0.1, -0.05) is 0 Å². The van der Waals surface area contributed by atoms with Crippen molar-refractivity contribution in [3.05, 3.63) is 0 Å². The molecule has 30 rings (SSSR count). The van der Waals surface area contributed by atoms with E-state index in [1.54, 1.807) is 0 Å². The van der Waals surface area contributed by atoms with Crippen molar-refractivity contribution >= 4 is 140 Å². The van der Waals surface area contributed by atoms with Crippen LogP contribution in [0.3, 0.4) is 0 Å². The van der Waals surface area contributed by atoms with E-state index in [-0.39, 0.29) is 40.3 Å². The van der Waals surface area contributed by atoms with Crippen LogP contribution in [0.15, 0.2) is 0 Å². The molecule has 50 nitrogen and oxygen atoms in total. The molecule has 0 aliphatic carbocycles. The van der Waals surface area contributed by atoms with Gasteiger partial charge in [-0.3, -0.25) is 38.4 Å². The van der Waals surface area contributed by atoms with Crippen molar-refractivity contribution < 1.29 is 245 Å². The van der Waals surface area contributed by atoms with Gasteiger partial charge in [0.25, 0.3) is 0 Å². The van der Waals surface area contributed by atoms with Crippen LogP contribution in [-0.2, 0) is 124 Å². The Morgan fingerprint density at radius 1 is 0.192 bits per heavy atom. The predicted molar refractivity (Wildman–Crippen MR) is 442 cm³/mol. The van der Waals surface area contributed by atoms with Crippen LogP contribution in [0.5, 0.6) is 0 Å². The lowest BCUT2D eigenvalue weighted by Crippen LogP contribution is -2.69. The van der Waals surface area contributed by atoms with Crippen molar-refractivity contribution in [2.75, 3.05) is 92.0 Å². The van der Waals surface area contributed by atoms with Gasteiger partial charge in [0.05, 0.1) is 106 Å². The van der Waals surface area contributed by atoms with Crippen LogP contribution >= 0.6 is 82.3 Å². The van der Waals surface area contributed by atoms with E-state index in [1.165, 1.54) is 0 Å². The highest BCUT2D eigenvalue weighted by molar-refractivity contribution is 8.00. The molecule has 0 aromatic heterocycles. The van der Waals surface area contributed by atoms with Crippen molar-refractivity contribution in [2.24, 2.45) is 0 Å². The molecule has 30 fully saturated rings. The molecule has 0 radical (unpaired) electrons. The zero-order chi connectivity index (χ0) is 95.4. The van der Waals surface area contributed by atoms with E-state index < -0.39 is 406 Å². The van der Waals surface area contributed by atoms with E-state index in [1.807, 2.05) is 0 Å². The third-order valence-electron chi connectivity index (χ3n) is 21.7. The Morgan fingerprint density at radius 2 is 0.323 bits per heavy atom. The predicted octanol–water partition coefficient (Wildman–Crippen LogP) is -9.00. The van der Waals surface area contributed by atoms with Crippen molar-refractivity contribution in [1.82, 2.24) is 0 Å². The number of carbonyl (C=O) groups is 8. The Bertz CT molecular complexity index is 3600. The summed E-state index contributed by atoms with van der Waals surface area (Å²) in [5, 5.41) is 272. The van der Waals surface area contributed by atoms with E-state index in [4.69, 9.17) is 75.8 Å². The monoisotopic (exact) mass is 2030 g/mol. The highest BCUT2D eigenvalue weighted by atomic mass is 32.2. The molecule has 24 N–H and O–H groups in total. The van der Waals surface area contributed by atoms with E-state index in [0.29, 0.717) is 0 Å². The van der Waals surface area contributed by atoms with Crippen LogP contribution in [0.25, 0.3) is 0 Å². The Morgan fingerprint density at radius 3 is 0.462 bits per heavy atom. The van der Waals surface area contributed by atoms with Crippen LogP contribution in [0.2, 0.25) is 0 Å². The average Bonchev–Trinajstić information content (AvgIpc) is 0.770. The summed E-state index contributed by atoms with van der Waals surface area (Å²) < 4.78 is 127. The molecule has 0 aromatic carbocycles. The third-order valence-corrected chi connectivity index (χ3v) is 30.8. The molecule has 0 amide bonds. The van der Waals surface area contributed by atoms with Gasteiger partial charge in [-0.05, 0) is 0 Å². The number of aliphatic carboxylic acids is 8. The zero-order valence-electron chi connectivity index (χ0n) is 68.7. The van der Waals surface area contributed by atoms with Crippen LogP contribution in [0.1, 0.15) is 51.4 Å². The second-order valence-electron chi connectivity index (χ2n) is 31.3. The first kappa shape index (κ1) is 111. The summed E-state index contributed by atoms with van der Waals surface area (Å²) in [5.74, 6) is -17.6. The number of thioether (sulfide) groups is 7. The molecule has 8 unspecified atom stereocenters. The number of ether oxygens (including phenoxy) is 16. The number of rotatable bonds is 40. The normalized spacial score (nSPS) is 41.2. The first-order valence-corrected chi connectivity index (χ1v) is 50.7. The van der Waals surface area contributed by atoms with Crippen molar-refractivity contribution in [3.63, 3.8) is 0 Å². The fourth-order valence-electron chi connectivity index (χ4n) is 14.9. The van der Waals surface area contributed by atoms with Gasteiger partial charge in [0, 0.05) is 80.5 Å². The topological polar surface area (TPSA) is 804 Å². The Labute approximate surface area is 769 Å². The summed E-state index contributed by atoms with van der Waals surface area (Å²) >= 11 is 5.88. The molecule has 58 heteroatoms. The third kappa shape index (κ3) is 30.9. The average molecular weight is 2030 g/mol. The molecule has 30 heterocycles. The van der Waals surface area contributed by atoms with E-state index in [9.17, 15) is 169 Å². The first-order valence-electron chi connectivity index (χ1n) is 40.8. The van der Waals surface area contributed by atoms with Crippen LogP contribution < -0.4 is 0 Å². The standard InChI is InChI=1S/C72H112O50S8/c73-33(74)1-9-123-17-25-57-41(89)49(97)65(107-25)116-58-26(18-124-10-2-34(75)76)109-67(51(99)43(58)91)118-60-28(20-126-12-4-36(79)80)111-69(53(101)45(60)93)120-62-30(22-128-14-6-38(83)84)113-71(55(103)47(62)95)122-64-32(24-130(105,106)16-8-40(87)88)114-72(56(104)48(64)96)121-63-31(23-129-15-7-39(85)86)112-70(54(102)46(63)94)119-61-29(21-127-13-5-37(81)82)110-68(52(100)44(61)92)117-59-27(19-125-11-3-35(77)78)108-66(115-57)50(98)42(59)90/h25-32,41-72,89-104H,1-24H2,(H,73,74)(H,75,76)(H,77,78)(H,79,80)(H,81,82)(H,83,84)(H,85,86)(H,87,88)/t25-,26-,27-,28-,29-,30-,31-,32-,41-,42-,43-,44-,45-,46-,47-,48-,49-,50-,51-,52-,53-,54-,55-,56-,57-,58-,59-,60-,61-,62-,63-,64-,65?,66?,67?,68?,69?,70?,71?,72?/m0/s1. The minimum atomic E-state index is -4.77. The van der Waals surface area contributed by atoms with Gasteiger partial charge in [-0.25, -0.2) is 8.42 Å². The SMILES string of the molecule is O=C(O)CCSC[C@@H]1OC2O[C@@H]3[C@@H](O)[C@H](O)C(O[C@@H]4[C@@H](O)[C@H](O)C(O[C@@H]5[C@@H](O)[C@H](O)C(O[C@@H]6[C@@H](O)[C@H](O)C(O[C@@H]7[C@@H](O)[C@H](O)C(O[C@@H]8[C@@H](O)[C@H](O)C(O[C@@H]9[C@@H](O)[C@H](O)C(O[C@@H]1[C@@H](O)[C@@H]2O)O[C@H]9CSCCC(=O)O)O[C@H]8CSCCC(=O)O)O[C@H]7CSCCC(=O)O)O[C@H]6CS(=O)(=O)CCC(=O)O)O[C@H]5CSCCC(=O)O)O[C@H]4CSCCC(=O)O)O[C@H]3CSCCC(=O)O. The Balaban J connectivity index is 1.13. The zero-order valence-corrected chi connectivity index (χ0v) is 75.2. The number of carboxylic acid groups (broad SMARTS) is 8. The summed E-state index contributed by atoms with van der Waals surface area (Å²) in [6.45, 7) is 0. The maximum absolute atomic E-state index is 14.0. The van der Waals surface area contributed by atoms with Crippen molar-refractivity contribution in [3.8, 4) is 0 Å². The van der Waals surface area contributed by atoms with Crippen molar-refractivity contribution in [2.45, 2.75) is 297 Å². The first-order chi connectivity index (χ1) is 61.4. The maximum atomic E-state index is 14.0. The Hall–Kier alpha value is -3.12. The molecule has 0 spiro atoms. The van der Waals surface area contributed by atoms with Gasteiger partial charge in [0.2, 0.25) is 0 Å². The highest BCUT2D eigenvalue weighted by Crippen LogP contribution is 2.43. The molecule has 30 saturated heterocycles. The number of carboxylic acids is 8. The maximum Gasteiger partial charge on any atom is 0.304 e. The largest absolute Gasteiger partial charge is 0.481 e. The molecule has 748 valence electrons. The van der Waals surface area contributed by atoms with Gasteiger partial charge >= 0.3 is 47.8 Å². The van der Waals surface area contributed by atoms with Gasteiger partial charge < -0.3 is 198 Å². The quantitative estimate of drug-likeness (QED) is 0.0253. The summed E-state index contributed by atoms with van der Waals surface area (Å²) in [6.07, 6.45) is -90.7. The van der Waals surface area contributed by atoms with Crippen LogP contribution in [-0.4, -0.2) is 516 Å². The molecule has 0 saturated carbocycles. The molecule has 30 aliphatic rings. The number of sulfone groups is 1. The fourth-order valence-corrected chi connectivity index (χ4v) is 23.2. The van der Waals surface area contributed by atoms with E-state index in [2.05, 4.69) is 0 Å². The minimum absolute atomic E-state index is 0.173. The molecular formula is C72H112O50S8. The molecule has 30 aliphatic heterocycles. The van der Waals surface area contributed by atoms with Gasteiger partial charge in [-0.2, -0.15) is 82.3 Å². The number of aliphatic hydroxyl groups is 16. The summed E-state index contributed by atoms with van der Waals surface area (Å²) in [5.41, 5.74) is 0. The van der Waals surface area contributed by atoms with E-state index >= 15 is 0 Å². The van der Waals surface area contributed by atoms with Crippen LogP contribution in [0.4, 0.5) is 0 Å². The molecule has 16 bridgehead atoms. The lowest BCUT2D eigenvalue weighted by atomic mass is 9.95. The molecule has 130 heavy (non-hydrogen) atoms. The van der Waals surface area contributed by atoms with Gasteiger partial charge in [0.1, 0.15) is 153 Å². The smallest absolute Gasteiger partial charge is 0.304 e.